The van der Waals surface area contributed by atoms with Crippen molar-refractivity contribution in [2.75, 3.05) is 11.5 Å². The van der Waals surface area contributed by atoms with E-state index < -0.39 is 17.0 Å². The summed E-state index contributed by atoms with van der Waals surface area (Å²) < 4.78 is 3.43. The topological polar surface area (TPSA) is 129 Å². The molecule has 2 aromatic rings. The van der Waals surface area contributed by atoms with Crippen LogP contribution in [0.2, 0.25) is 0 Å². The molecule has 0 atom stereocenters. The van der Waals surface area contributed by atoms with Crippen molar-refractivity contribution in [3.05, 3.63) is 32.2 Å². The molecule has 28 heavy (non-hydrogen) atoms. The number of anilines is 1. The second-order valence-corrected chi connectivity index (χ2v) is 8.47. The molecular weight excluding hydrogens is 380 g/mol. The lowest BCUT2D eigenvalue weighted by atomic mass is 9.95. The van der Waals surface area contributed by atoms with E-state index in [0.717, 1.165) is 31.5 Å². The van der Waals surface area contributed by atoms with Gasteiger partial charge in [0.15, 0.2) is 10.9 Å². The minimum atomic E-state index is -0.727. The van der Waals surface area contributed by atoms with Gasteiger partial charge in [0, 0.05) is 12.1 Å². The SMILES string of the molecule is Cc1nnc(SCC(=O)c2c(N)n(C3CC3)c(=O)[nH]c2=O)n1C1CCCCC1. The third kappa shape index (κ3) is 3.52. The van der Waals surface area contributed by atoms with E-state index in [0.29, 0.717) is 11.2 Å². The molecule has 10 heteroatoms. The van der Waals surface area contributed by atoms with Crippen molar-refractivity contribution in [1.82, 2.24) is 24.3 Å². The summed E-state index contributed by atoms with van der Waals surface area (Å²) in [4.78, 5) is 39.2. The second kappa shape index (κ2) is 7.57. The zero-order valence-electron chi connectivity index (χ0n) is 15.8. The van der Waals surface area contributed by atoms with Gasteiger partial charge in [-0.25, -0.2) is 4.79 Å². The van der Waals surface area contributed by atoms with Gasteiger partial charge in [0.05, 0.1) is 5.75 Å². The summed E-state index contributed by atoms with van der Waals surface area (Å²) in [6.45, 7) is 1.92. The predicted octanol–water partition coefficient (Wildman–Crippen LogP) is 1.83. The molecule has 3 N–H and O–H groups in total. The molecule has 0 bridgehead atoms. The van der Waals surface area contributed by atoms with Crippen LogP contribution in [0.4, 0.5) is 5.82 Å². The molecule has 2 saturated carbocycles. The molecule has 0 saturated heterocycles. The number of rotatable bonds is 6. The zero-order valence-corrected chi connectivity index (χ0v) is 16.6. The van der Waals surface area contributed by atoms with Crippen molar-refractivity contribution in [2.24, 2.45) is 0 Å². The normalized spacial score (nSPS) is 17.8. The van der Waals surface area contributed by atoms with Gasteiger partial charge < -0.3 is 10.3 Å². The van der Waals surface area contributed by atoms with Crippen LogP contribution in [0.1, 0.15) is 73.2 Å². The zero-order chi connectivity index (χ0) is 19.8. The summed E-state index contributed by atoms with van der Waals surface area (Å²) in [6, 6.07) is 0.326. The third-order valence-corrected chi connectivity index (χ3v) is 6.42. The number of ketones is 1. The van der Waals surface area contributed by atoms with Crippen LogP contribution >= 0.6 is 11.8 Å². The third-order valence-electron chi connectivity index (χ3n) is 5.48. The van der Waals surface area contributed by atoms with E-state index in [-0.39, 0.29) is 23.2 Å². The summed E-state index contributed by atoms with van der Waals surface area (Å²) >= 11 is 1.26. The number of hydrogen-bond acceptors (Lipinski definition) is 7. The Morgan fingerprint density at radius 2 is 1.79 bits per heavy atom. The fourth-order valence-corrected chi connectivity index (χ4v) is 4.86. The first-order chi connectivity index (χ1) is 13.5. The lowest BCUT2D eigenvalue weighted by Gasteiger charge is -2.24. The number of carbonyl (C=O) groups excluding carboxylic acids is 1. The largest absolute Gasteiger partial charge is 0.384 e. The number of hydrogen-bond donors (Lipinski definition) is 2. The Hall–Kier alpha value is -2.36. The number of Topliss-reactive ketones (excluding diaryl/α,β-unsaturated/α-hetero) is 1. The maximum atomic E-state index is 12.8. The lowest BCUT2D eigenvalue weighted by molar-refractivity contribution is 0.102. The van der Waals surface area contributed by atoms with E-state index in [1.165, 1.54) is 35.6 Å². The Bertz CT molecular complexity index is 1010. The van der Waals surface area contributed by atoms with Crippen LogP contribution in [-0.4, -0.2) is 35.9 Å². The molecule has 0 aromatic carbocycles. The molecule has 0 unspecified atom stereocenters. The monoisotopic (exact) mass is 404 g/mol. The van der Waals surface area contributed by atoms with Crippen molar-refractivity contribution < 1.29 is 4.79 Å². The van der Waals surface area contributed by atoms with Gasteiger partial charge in [-0.2, -0.15) is 0 Å². The van der Waals surface area contributed by atoms with Crippen LogP contribution in [0.25, 0.3) is 0 Å². The fraction of sp³-hybridized carbons (Fsp3) is 0.611. The number of aromatic amines is 1. The van der Waals surface area contributed by atoms with Crippen molar-refractivity contribution >= 4 is 23.4 Å². The minimum Gasteiger partial charge on any atom is -0.384 e. The summed E-state index contributed by atoms with van der Waals surface area (Å²) in [5.74, 6) is 0.406. The number of nitrogens with one attached hydrogen (secondary N) is 1. The Labute approximate surface area is 165 Å². The van der Waals surface area contributed by atoms with Crippen molar-refractivity contribution in [1.29, 1.82) is 0 Å². The number of H-pyrrole nitrogens is 1. The van der Waals surface area contributed by atoms with Gasteiger partial charge >= 0.3 is 5.69 Å². The highest BCUT2D eigenvalue weighted by molar-refractivity contribution is 7.99. The Kier molecular flexibility index (Phi) is 5.13. The second-order valence-electron chi connectivity index (χ2n) is 7.52. The van der Waals surface area contributed by atoms with Crippen LogP contribution in [0, 0.1) is 6.92 Å². The first-order valence-electron chi connectivity index (χ1n) is 9.69. The molecule has 2 aliphatic carbocycles. The van der Waals surface area contributed by atoms with E-state index >= 15 is 0 Å². The molecule has 0 radical (unpaired) electrons. The van der Waals surface area contributed by atoms with Gasteiger partial charge in [-0.1, -0.05) is 31.0 Å². The molecule has 9 nitrogen and oxygen atoms in total. The molecule has 2 heterocycles. The molecular formula is C18H24N6O3S. The van der Waals surface area contributed by atoms with E-state index in [9.17, 15) is 14.4 Å². The number of nitrogens with two attached hydrogens (primary N) is 1. The van der Waals surface area contributed by atoms with Crippen molar-refractivity contribution in [3.8, 4) is 0 Å². The Morgan fingerprint density at radius 1 is 1.11 bits per heavy atom. The fourth-order valence-electron chi connectivity index (χ4n) is 3.94. The Balaban J connectivity index is 1.55. The number of aromatic nitrogens is 5. The minimum absolute atomic E-state index is 0.0149. The number of thioether (sulfide) groups is 1. The molecule has 2 aromatic heterocycles. The number of nitrogen functional groups attached to an aromatic ring is 1. The van der Waals surface area contributed by atoms with Crippen molar-refractivity contribution in [2.45, 2.75) is 69.1 Å². The van der Waals surface area contributed by atoms with E-state index in [1.54, 1.807) is 0 Å². The van der Waals surface area contributed by atoms with Crippen LogP contribution in [0.5, 0.6) is 0 Å². The standard InChI is InChI=1S/C18H24N6O3S/c1-10-21-22-18(23(10)11-5-3-2-4-6-11)28-9-13(25)14-15(19)24(12-7-8-12)17(27)20-16(14)26/h11-12H,2-9,19H2,1H3,(H,20,26,27). The molecule has 2 aliphatic rings. The molecule has 2 fully saturated rings. The van der Waals surface area contributed by atoms with Crippen LogP contribution in [-0.2, 0) is 0 Å². The van der Waals surface area contributed by atoms with E-state index in [4.69, 9.17) is 5.73 Å². The van der Waals surface area contributed by atoms with Gasteiger partial charge in [-0.05, 0) is 32.6 Å². The average Bonchev–Trinajstić information content (AvgIpc) is 3.42. The Morgan fingerprint density at radius 3 is 2.46 bits per heavy atom. The smallest absolute Gasteiger partial charge is 0.330 e. The van der Waals surface area contributed by atoms with Gasteiger partial charge in [-0.3, -0.25) is 19.1 Å². The quantitative estimate of drug-likeness (QED) is 0.555. The summed E-state index contributed by atoms with van der Waals surface area (Å²) in [5, 5.41) is 9.08. The molecule has 0 spiro atoms. The first-order valence-corrected chi connectivity index (χ1v) is 10.7. The highest BCUT2D eigenvalue weighted by Crippen LogP contribution is 2.36. The predicted molar refractivity (Wildman–Crippen MR) is 106 cm³/mol. The molecule has 0 aliphatic heterocycles. The maximum Gasteiger partial charge on any atom is 0.330 e. The number of aryl methyl sites for hydroxylation is 1. The van der Waals surface area contributed by atoms with Gasteiger partial charge in [0.25, 0.3) is 5.56 Å². The highest BCUT2D eigenvalue weighted by Gasteiger charge is 2.30. The molecule has 150 valence electrons. The first kappa shape index (κ1) is 19.0. The summed E-state index contributed by atoms with van der Waals surface area (Å²) in [5.41, 5.74) is 4.61. The van der Waals surface area contributed by atoms with Crippen LogP contribution < -0.4 is 17.0 Å². The number of carbonyl (C=O) groups is 1. The van der Waals surface area contributed by atoms with Crippen molar-refractivity contribution in [3.63, 3.8) is 0 Å². The maximum absolute atomic E-state index is 12.8. The van der Waals surface area contributed by atoms with Crippen LogP contribution in [0.3, 0.4) is 0 Å². The van der Waals surface area contributed by atoms with E-state index in [1.807, 2.05) is 6.92 Å². The summed E-state index contributed by atoms with van der Waals surface area (Å²) in [7, 11) is 0. The lowest BCUT2D eigenvalue weighted by Crippen LogP contribution is -2.36. The number of nitrogens with zero attached hydrogens (tertiary/aromatic N) is 4. The molecule has 4 rings (SSSR count). The van der Waals surface area contributed by atoms with Gasteiger partial charge in [0.1, 0.15) is 17.2 Å². The van der Waals surface area contributed by atoms with Gasteiger partial charge in [-0.15, -0.1) is 10.2 Å². The van der Waals surface area contributed by atoms with Crippen LogP contribution in [0.15, 0.2) is 14.7 Å². The average molecular weight is 404 g/mol. The van der Waals surface area contributed by atoms with Gasteiger partial charge in [0.2, 0.25) is 0 Å². The molecule has 0 amide bonds. The highest BCUT2D eigenvalue weighted by atomic mass is 32.2. The summed E-state index contributed by atoms with van der Waals surface area (Å²) in [6.07, 6.45) is 7.42. The van der Waals surface area contributed by atoms with E-state index in [2.05, 4.69) is 19.7 Å².